The van der Waals surface area contributed by atoms with Crippen LogP contribution >= 0.6 is 0 Å². The van der Waals surface area contributed by atoms with Crippen molar-refractivity contribution in [1.29, 1.82) is 0 Å². The van der Waals surface area contributed by atoms with E-state index in [2.05, 4.69) is 41.8 Å². The van der Waals surface area contributed by atoms with Gasteiger partial charge in [-0.1, -0.05) is 30.3 Å². The summed E-state index contributed by atoms with van der Waals surface area (Å²) in [5.74, 6) is 0.661. The molecule has 19 heavy (non-hydrogen) atoms. The van der Waals surface area contributed by atoms with E-state index in [0.29, 0.717) is 5.92 Å². The fourth-order valence-electron chi connectivity index (χ4n) is 2.88. The number of carbonyl (C=O) groups excluding carboxylic acids is 1. The van der Waals surface area contributed by atoms with Crippen molar-refractivity contribution < 1.29 is 4.79 Å². The van der Waals surface area contributed by atoms with Crippen LogP contribution in [0.1, 0.15) is 24.8 Å². The smallest absolute Gasteiger partial charge is 0.232 e. The van der Waals surface area contributed by atoms with Gasteiger partial charge in [-0.3, -0.25) is 10.2 Å². The van der Waals surface area contributed by atoms with Crippen LogP contribution in [0.2, 0.25) is 0 Å². The van der Waals surface area contributed by atoms with Gasteiger partial charge in [0.05, 0.1) is 0 Å². The second kappa shape index (κ2) is 5.31. The Morgan fingerprint density at radius 2 is 2.16 bits per heavy atom. The van der Waals surface area contributed by atoms with Gasteiger partial charge in [0.2, 0.25) is 6.41 Å². The molecule has 0 radical (unpaired) electrons. The number of carbonyl (C=O) groups is 1. The Hall–Kier alpha value is -2.03. The van der Waals surface area contributed by atoms with Gasteiger partial charge in [-0.2, -0.15) is 0 Å². The highest BCUT2D eigenvalue weighted by molar-refractivity contribution is 5.50. The molecule has 1 aliphatic carbocycles. The SMILES string of the molecule is O=CN1C=CC2=C(CC(Cc3ccccc3)CC2)N1. The van der Waals surface area contributed by atoms with Gasteiger partial charge in [-0.05, 0) is 48.8 Å². The van der Waals surface area contributed by atoms with Crippen LogP contribution in [0.15, 0.2) is 53.9 Å². The number of rotatable bonds is 3. The molecule has 0 bridgehead atoms. The van der Waals surface area contributed by atoms with Gasteiger partial charge in [-0.15, -0.1) is 0 Å². The normalized spacial score (nSPS) is 21.9. The van der Waals surface area contributed by atoms with E-state index in [1.807, 2.05) is 0 Å². The minimum atomic E-state index is 0.661. The average Bonchev–Trinajstić information content (AvgIpc) is 2.47. The molecule has 1 amide bonds. The topological polar surface area (TPSA) is 32.3 Å². The predicted molar refractivity (Wildman–Crippen MR) is 74.7 cm³/mol. The molecule has 1 unspecified atom stereocenters. The second-order valence-corrected chi connectivity index (χ2v) is 5.24. The van der Waals surface area contributed by atoms with Crippen LogP contribution in [-0.2, 0) is 11.2 Å². The molecule has 0 fully saturated rings. The minimum Gasteiger partial charge on any atom is -0.296 e. The molecule has 1 N–H and O–H groups in total. The predicted octanol–water partition coefficient (Wildman–Crippen LogP) is 2.77. The van der Waals surface area contributed by atoms with Crippen molar-refractivity contribution in [3.63, 3.8) is 0 Å². The number of allylic oxidation sites excluding steroid dienone is 3. The first-order chi connectivity index (χ1) is 9.35. The Morgan fingerprint density at radius 1 is 1.32 bits per heavy atom. The highest BCUT2D eigenvalue weighted by Gasteiger charge is 2.23. The Labute approximate surface area is 113 Å². The molecule has 0 saturated carbocycles. The fourth-order valence-corrected chi connectivity index (χ4v) is 2.88. The number of nitrogens with zero attached hydrogens (tertiary/aromatic N) is 1. The third kappa shape index (κ3) is 2.70. The summed E-state index contributed by atoms with van der Waals surface area (Å²) in [4.78, 5) is 10.8. The van der Waals surface area contributed by atoms with Crippen LogP contribution in [0.3, 0.4) is 0 Å². The molecule has 0 spiro atoms. The molecule has 0 saturated heterocycles. The van der Waals surface area contributed by atoms with E-state index in [1.165, 1.54) is 28.3 Å². The lowest BCUT2D eigenvalue weighted by Crippen LogP contribution is -2.36. The van der Waals surface area contributed by atoms with E-state index in [0.717, 1.165) is 25.7 Å². The van der Waals surface area contributed by atoms with Gasteiger partial charge in [0.1, 0.15) is 0 Å². The van der Waals surface area contributed by atoms with Crippen LogP contribution in [0, 0.1) is 5.92 Å². The van der Waals surface area contributed by atoms with Gasteiger partial charge in [0.15, 0.2) is 0 Å². The molecule has 98 valence electrons. The van der Waals surface area contributed by atoms with E-state index in [1.54, 1.807) is 6.20 Å². The minimum absolute atomic E-state index is 0.661. The van der Waals surface area contributed by atoms with Crippen LogP contribution < -0.4 is 5.43 Å². The number of hydrogen-bond acceptors (Lipinski definition) is 2. The maximum Gasteiger partial charge on any atom is 0.232 e. The Balaban J connectivity index is 1.68. The lowest BCUT2D eigenvalue weighted by Gasteiger charge is -2.32. The van der Waals surface area contributed by atoms with Crippen LogP contribution in [0.5, 0.6) is 0 Å². The highest BCUT2D eigenvalue weighted by atomic mass is 16.1. The van der Waals surface area contributed by atoms with Crippen molar-refractivity contribution in [2.45, 2.75) is 25.7 Å². The molecule has 1 aromatic carbocycles. The van der Waals surface area contributed by atoms with Gasteiger partial charge >= 0.3 is 0 Å². The summed E-state index contributed by atoms with van der Waals surface area (Å²) in [5.41, 5.74) is 7.14. The number of hydrazine groups is 1. The van der Waals surface area contributed by atoms with Crippen molar-refractivity contribution >= 4 is 6.41 Å². The van der Waals surface area contributed by atoms with Crippen molar-refractivity contribution in [3.05, 3.63) is 59.4 Å². The van der Waals surface area contributed by atoms with Crippen molar-refractivity contribution in [2.24, 2.45) is 5.92 Å². The zero-order chi connectivity index (χ0) is 13.1. The van der Waals surface area contributed by atoms with E-state index in [9.17, 15) is 4.79 Å². The summed E-state index contributed by atoms with van der Waals surface area (Å²) in [6, 6.07) is 10.6. The molecular weight excluding hydrogens is 236 g/mol. The Kier molecular flexibility index (Phi) is 3.36. The first-order valence-electron chi connectivity index (χ1n) is 6.79. The standard InChI is InChI=1S/C16H18N2O/c19-12-18-9-8-15-7-6-14(11-16(15)17-18)10-13-4-2-1-3-5-13/h1-5,8-9,12,14,17H,6-7,10-11H2. The lowest BCUT2D eigenvalue weighted by molar-refractivity contribution is -0.117. The number of amides is 1. The number of hydrogen-bond donors (Lipinski definition) is 1. The highest BCUT2D eigenvalue weighted by Crippen LogP contribution is 2.32. The molecule has 1 atom stereocenters. The van der Waals surface area contributed by atoms with Crippen LogP contribution in [0.4, 0.5) is 0 Å². The zero-order valence-corrected chi connectivity index (χ0v) is 10.9. The molecule has 1 aromatic rings. The zero-order valence-electron chi connectivity index (χ0n) is 10.9. The van der Waals surface area contributed by atoms with Crippen molar-refractivity contribution in [3.8, 4) is 0 Å². The van der Waals surface area contributed by atoms with E-state index in [-0.39, 0.29) is 0 Å². The summed E-state index contributed by atoms with van der Waals surface area (Å²) in [6.45, 7) is 0. The fraction of sp³-hybridized carbons (Fsp3) is 0.312. The first-order valence-corrected chi connectivity index (χ1v) is 6.79. The largest absolute Gasteiger partial charge is 0.296 e. The van der Waals surface area contributed by atoms with Gasteiger partial charge < -0.3 is 0 Å². The molecule has 3 nitrogen and oxygen atoms in total. The Bertz CT molecular complexity index is 519. The summed E-state index contributed by atoms with van der Waals surface area (Å²) in [6.07, 6.45) is 9.12. The van der Waals surface area contributed by atoms with E-state index < -0.39 is 0 Å². The first kappa shape index (κ1) is 12.0. The molecule has 1 aliphatic heterocycles. The second-order valence-electron chi connectivity index (χ2n) is 5.24. The van der Waals surface area contributed by atoms with Crippen molar-refractivity contribution in [2.75, 3.05) is 0 Å². The maximum absolute atomic E-state index is 10.8. The number of benzene rings is 1. The van der Waals surface area contributed by atoms with Crippen LogP contribution in [-0.4, -0.2) is 11.4 Å². The monoisotopic (exact) mass is 254 g/mol. The lowest BCUT2D eigenvalue weighted by atomic mass is 9.83. The third-order valence-electron chi connectivity index (χ3n) is 3.88. The molecule has 3 heteroatoms. The van der Waals surface area contributed by atoms with Gasteiger partial charge in [-0.25, -0.2) is 5.01 Å². The average molecular weight is 254 g/mol. The Morgan fingerprint density at radius 3 is 2.95 bits per heavy atom. The number of nitrogens with one attached hydrogen (secondary N) is 1. The molecular formula is C16H18N2O. The summed E-state index contributed by atoms with van der Waals surface area (Å²) < 4.78 is 0. The van der Waals surface area contributed by atoms with Crippen LogP contribution in [0.25, 0.3) is 0 Å². The maximum atomic E-state index is 10.8. The summed E-state index contributed by atoms with van der Waals surface area (Å²) in [5, 5.41) is 1.49. The molecule has 0 aromatic heterocycles. The molecule has 1 heterocycles. The third-order valence-corrected chi connectivity index (χ3v) is 3.88. The van der Waals surface area contributed by atoms with Gasteiger partial charge in [0, 0.05) is 11.9 Å². The summed E-state index contributed by atoms with van der Waals surface area (Å²) >= 11 is 0. The van der Waals surface area contributed by atoms with E-state index in [4.69, 9.17) is 0 Å². The summed E-state index contributed by atoms with van der Waals surface area (Å²) in [7, 11) is 0. The quantitative estimate of drug-likeness (QED) is 0.841. The molecule has 2 aliphatic rings. The van der Waals surface area contributed by atoms with Crippen molar-refractivity contribution in [1.82, 2.24) is 10.4 Å². The molecule has 3 rings (SSSR count). The van der Waals surface area contributed by atoms with E-state index >= 15 is 0 Å². The van der Waals surface area contributed by atoms with Gasteiger partial charge in [0.25, 0.3) is 0 Å².